The van der Waals surface area contributed by atoms with E-state index < -0.39 is 0 Å². The van der Waals surface area contributed by atoms with Gasteiger partial charge < -0.3 is 0 Å². The summed E-state index contributed by atoms with van der Waals surface area (Å²) in [6.45, 7) is 87.2. The molecule has 0 bridgehead atoms. The van der Waals surface area contributed by atoms with Gasteiger partial charge in [0.15, 0.2) is 0 Å². The lowest BCUT2D eigenvalue weighted by Crippen LogP contribution is -2.12. The highest BCUT2D eigenvalue weighted by molar-refractivity contribution is 5.83. The van der Waals surface area contributed by atoms with Crippen LogP contribution >= 0.6 is 0 Å². The minimum absolute atomic E-state index is 0. The molecule has 690 valence electrons. The van der Waals surface area contributed by atoms with Crippen molar-refractivity contribution in [3.05, 3.63) is 380 Å². The lowest BCUT2D eigenvalue weighted by atomic mass is 9.84. The zero-order chi connectivity index (χ0) is 95.5. The average Bonchev–Trinajstić information content (AvgIpc) is 0.818. The fourth-order valence-corrected chi connectivity index (χ4v) is 14.4. The summed E-state index contributed by atoms with van der Waals surface area (Å²) in [6, 6.07) is 103. The summed E-state index contributed by atoms with van der Waals surface area (Å²) in [5.74, 6) is 0. The fourth-order valence-electron chi connectivity index (χ4n) is 14.4. The maximum absolute atomic E-state index is 2.31. The molecule has 0 radical (unpaired) electrons. The van der Waals surface area contributed by atoms with E-state index in [2.05, 4.69) is 541 Å². The van der Waals surface area contributed by atoms with Gasteiger partial charge in [-0.15, -0.1) is 0 Å². The van der Waals surface area contributed by atoms with Crippen molar-refractivity contribution in [3.63, 3.8) is 0 Å². The van der Waals surface area contributed by atoms with Gasteiger partial charge in [-0.1, -0.05) is 525 Å². The summed E-state index contributed by atoms with van der Waals surface area (Å²) >= 11 is 0. The van der Waals surface area contributed by atoms with Crippen molar-refractivity contribution < 1.29 is 0 Å². The molecular weight excluding hydrogens is 1530 g/mol. The average molecular weight is 1710 g/mol. The van der Waals surface area contributed by atoms with Crippen molar-refractivity contribution in [2.45, 2.75) is 339 Å². The molecule has 0 fully saturated rings. The first-order chi connectivity index (χ1) is 58.1. The molecule has 12 aromatic rings. The normalized spacial score (nSPS) is 11.6. The van der Waals surface area contributed by atoms with Crippen LogP contribution in [0.2, 0.25) is 0 Å². The maximum Gasteiger partial charge on any atom is -0.0132 e. The van der Waals surface area contributed by atoms with Crippen molar-refractivity contribution >= 4 is 10.8 Å². The monoisotopic (exact) mass is 1710 g/mol. The van der Waals surface area contributed by atoms with Crippen molar-refractivity contribution in [1.29, 1.82) is 0 Å². The molecule has 0 atom stereocenters. The van der Waals surface area contributed by atoms with Crippen LogP contribution < -0.4 is 0 Å². The first kappa shape index (κ1) is 114. The van der Waals surface area contributed by atoms with Crippen LogP contribution in [0.3, 0.4) is 0 Å². The molecule has 0 aliphatic heterocycles. The second-order valence-corrected chi connectivity index (χ2v) is 46.9. The second-order valence-electron chi connectivity index (χ2n) is 46.9. The Morgan fingerprint density at radius 2 is 0.449 bits per heavy atom. The lowest BCUT2D eigenvalue weighted by molar-refractivity contribution is 0.410. The van der Waals surface area contributed by atoms with E-state index >= 15 is 0 Å². The van der Waals surface area contributed by atoms with Crippen LogP contribution in [0.4, 0.5) is 0 Å². The van der Waals surface area contributed by atoms with Gasteiger partial charge in [-0.05, 0) is 264 Å². The van der Waals surface area contributed by atoms with Crippen LogP contribution in [-0.2, 0) is 61.2 Å². The molecule has 0 amide bonds. The first-order valence-electron chi connectivity index (χ1n) is 47.2. The molecule has 0 nitrogen and oxygen atoms in total. The minimum Gasteiger partial charge on any atom is -0.0776 e. The van der Waals surface area contributed by atoms with E-state index in [1.165, 1.54) is 134 Å². The van der Waals surface area contributed by atoms with Crippen molar-refractivity contribution in [3.8, 4) is 22.3 Å². The van der Waals surface area contributed by atoms with Crippen LogP contribution in [0.5, 0.6) is 0 Å². The Balaban J connectivity index is 0.000000484. The van der Waals surface area contributed by atoms with Gasteiger partial charge in [0, 0.05) is 0 Å². The Labute approximate surface area is 784 Å². The Morgan fingerprint density at radius 1 is 0.173 bits per heavy atom. The highest BCUT2D eigenvalue weighted by Crippen LogP contribution is 2.33. The molecule has 0 aliphatic carbocycles. The van der Waals surface area contributed by atoms with Crippen molar-refractivity contribution in [2.24, 2.45) is 37.9 Å². The van der Waals surface area contributed by atoms with E-state index in [1.807, 2.05) is 13.8 Å². The van der Waals surface area contributed by atoms with E-state index in [4.69, 9.17) is 0 Å². The third-order valence-corrected chi connectivity index (χ3v) is 21.1. The molecule has 0 N–H and O–H groups in total. The largest absolute Gasteiger partial charge is 0.0776 e. The maximum atomic E-state index is 2.31. The summed E-state index contributed by atoms with van der Waals surface area (Å²) in [5.41, 5.74) is 32.7. The Morgan fingerprint density at radius 3 is 0.811 bits per heavy atom. The second kappa shape index (κ2) is 51.9. The Kier molecular flexibility index (Phi) is 46.6. The van der Waals surface area contributed by atoms with Crippen molar-refractivity contribution in [1.82, 2.24) is 0 Å². The molecule has 12 rings (SSSR count). The van der Waals surface area contributed by atoms with Gasteiger partial charge in [-0.3, -0.25) is 0 Å². The van der Waals surface area contributed by atoms with Gasteiger partial charge in [0.2, 0.25) is 0 Å². The molecule has 0 saturated heterocycles. The standard InChI is InChI=1S/2C17H20.C15H24.C14H16.3C13H20.C12H18.C10H14.C2H6.CH4/c1-17(2,3)13-14-8-7-11-16(12-14)15-9-5-4-6-10-15;1-17(2,3)13-14-9-11-16(12-10-14)15-7-5-4-6-8-15;1-14(2,3)11-12-7-9-13(10-8-12)15(4,5)6;1-14(2,3)13-9-8-11-6-4-5-7-12(11)10-13;2*1-10-6-7-12(8-11(10)2)9-13(3,4)5;1-10-6-7-11(2)12(8-10)9-13(3,4)5;1-10-5-7-11(8-6-10)9-12(2,3)4;1-10(2,3)9-7-5-4-6-8-9;1-2;/h2*4-12H,13H2,1-3H3;7-10H,11H2,1-6H3;4-10H,1-3H3;3*6-8H,9H2,1-5H3;5-8H,9H2,1-4H3;4-8H,1-3H3;1-2H3;1H4. The van der Waals surface area contributed by atoms with Crippen LogP contribution in [0.25, 0.3) is 33.0 Å². The molecule has 12 aromatic carbocycles. The number of rotatable bonds is 9. The molecule has 0 heterocycles. The molecular formula is C127H182. The van der Waals surface area contributed by atoms with E-state index in [0.29, 0.717) is 43.3 Å². The van der Waals surface area contributed by atoms with Gasteiger partial charge in [-0.25, -0.2) is 0 Å². The van der Waals surface area contributed by atoms with Gasteiger partial charge in [0.25, 0.3) is 0 Å². The highest BCUT2D eigenvalue weighted by atomic mass is 14.3. The number of hydrogen-bond donors (Lipinski definition) is 0. The summed E-state index contributed by atoms with van der Waals surface area (Å²) in [6.07, 6.45) is 8.04. The van der Waals surface area contributed by atoms with Gasteiger partial charge in [0.05, 0.1) is 0 Å². The summed E-state index contributed by atoms with van der Waals surface area (Å²) < 4.78 is 0. The minimum atomic E-state index is 0. The van der Waals surface area contributed by atoms with Crippen LogP contribution in [-0.4, -0.2) is 0 Å². The van der Waals surface area contributed by atoms with E-state index in [0.717, 1.165) is 38.5 Å². The molecule has 127 heavy (non-hydrogen) atoms. The Hall–Kier alpha value is -9.10. The van der Waals surface area contributed by atoms with Crippen LogP contribution in [0, 0.1) is 86.4 Å². The molecule has 0 spiro atoms. The SMILES string of the molecule is C.CC.CC(C)(C)Cc1ccc(-c2ccccc2)cc1.CC(C)(C)Cc1ccc(C(C)(C)C)cc1.CC(C)(C)Cc1cccc(-c2ccccc2)c1.CC(C)(C)c1ccc2ccccc2c1.CC(C)(C)c1ccccc1.Cc1ccc(C)c(CC(C)(C)C)c1.Cc1ccc(CC(C)(C)C)cc1.Cc1ccc(CC(C)(C)C)cc1C.Cc1ccc(CC(C)(C)C)cc1C. The fraction of sp³-hybridized carbons (Fsp3) is 0.449. The van der Waals surface area contributed by atoms with Crippen LogP contribution in [0.1, 0.15) is 324 Å². The molecule has 0 unspecified atom stereocenters. The number of benzene rings is 12. The van der Waals surface area contributed by atoms with Gasteiger partial charge in [-0.2, -0.15) is 0 Å². The van der Waals surface area contributed by atoms with E-state index in [-0.39, 0.29) is 18.3 Å². The number of hydrogen-bond acceptors (Lipinski definition) is 0. The lowest BCUT2D eigenvalue weighted by Gasteiger charge is -2.21. The van der Waals surface area contributed by atoms with Gasteiger partial charge in [0.1, 0.15) is 0 Å². The number of fused-ring (bicyclic) bond motifs is 1. The van der Waals surface area contributed by atoms with Crippen LogP contribution in [0.15, 0.2) is 285 Å². The topological polar surface area (TPSA) is 0 Å². The smallest absolute Gasteiger partial charge is 0.0132 e. The quantitative estimate of drug-likeness (QED) is 0.135. The highest BCUT2D eigenvalue weighted by Gasteiger charge is 2.20. The Bertz CT molecular complexity index is 4940. The summed E-state index contributed by atoms with van der Waals surface area (Å²) in [4.78, 5) is 0. The van der Waals surface area contributed by atoms with E-state index in [1.54, 1.807) is 0 Å². The number of aryl methyl sites for hydroxylation is 7. The predicted molar refractivity (Wildman–Crippen MR) is 576 cm³/mol. The molecule has 0 saturated carbocycles. The van der Waals surface area contributed by atoms with Crippen molar-refractivity contribution in [2.75, 3.05) is 0 Å². The van der Waals surface area contributed by atoms with E-state index in [9.17, 15) is 0 Å². The zero-order valence-corrected chi connectivity index (χ0v) is 87.6. The molecule has 0 aliphatic rings. The summed E-state index contributed by atoms with van der Waals surface area (Å²) in [5, 5.41) is 2.65. The first-order valence-corrected chi connectivity index (χ1v) is 47.2. The summed E-state index contributed by atoms with van der Waals surface area (Å²) in [7, 11) is 0. The third kappa shape index (κ3) is 50.5. The molecule has 0 aromatic heterocycles. The predicted octanol–water partition coefficient (Wildman–Crippen LogP) is 38.5. The molecule has 0 heteroatoms. The van der Waals surface area contributed by atoms with Gasteiger partial charge >= 0.3 is 0 Å². The zero-order valence-electron chi connectivity index (χ0n) is 87.6. The third-order valence-electron chi connectivity index (χ3n) is 21.1.